The van der Waals surface area contributed by atoms with Gasteiger partial charge in [-0.05, 0) is 37.0 Å². The minimum absolute atomic E-state index is 0.125. The van der Waals surface area contributed by atoms with Gasteiger partial charge in [0.25, 0.3) is 0 Å². The molecule has 0 aromatic heterocycles. The highest BCUT2D eigenvalue weighted by Gasteiger charge is 2.64. The van der Waals surface area contributed by atoms with Crippen LogP contribution < -0.4 is 0 Å². The van der Waals surface area contributed by atoms with Crippen molar-refractivity contribution in [3.05, 3.63) is 12.7 Å². The van der Waals surface area contributed by atoms with Gasteiger partial charge in [0.1, 0.15) is 0 Å². The van der Waals surface area contributed by atoms with Crippen LogP contribution in [0.5, 0.6) is 0 Å². The molecule has 4 atom stereocenters. The minimum Gasteiger partial charge on any atom is -0.390 e. The van der Waals surface area contributed by atoms with Gasteiger partial charge in [0.2, 0.25) is 0 Å². The first-order valence-electron chi connectivity index (χ1n) is 6.29. The molecule has 0 saturated heterocycles. The molecule has 2 aliphatic carbocycles. The summed E-state index contributed by atoms with van der Waals surface area (Å²) in [6.45, 7) is 10.3. The van der Waals surface area contributed by atoms with Crippen LogP contribution in [0.4, 0.5) is 0 Å². The van der Waals surface area contributed by atoms with Crippen LogP contribution in [0.1, 0.15) is 46.5 Å². The maximum Gasteiger partial charge on any atom is 0.0947 e. The first-order chi connectivity index (χ1) is 7.28. The normalized spacial score (nSPS) is 50.3. The summed E-state index contributed by atoms with van der Waals surface area (Å²) in [5.41, 5.74) is -0.985. The second-order valence-corrected chi connectivity index (χ2v) is 6.58. The topological polar surface area (TPSA) is 40.5 Å². The zero-order valence-corrected chi connectivity index (χ0v) is 10.7. The van der Waals surface area contributed by atoms with Crippen molar-refractivity contribution >= 4 is 0 Å². The molecular weight excluding hydrogens is 200 g/mol. The van der Waals surface area contributed by atoms with E-state index in [0.29, 0.717) is 18.8 Å². The number of fused-ring (bicyclic) bond motifs is 2. The van der Waals surface area contributed by atoms with E-state index in [4.69, 9.17) is 0 Å². The van der Waals surface area contributed by atoms with Crippen LogP contribution in [0.3, 0.4) is 0 Å². The Kier molecular flexibility index (Phi) is 2.52. The average Bonchev–Trinajstić information content (AvgIpc) is 2.34. The summed E-state index contributed by atoms with van der Waals surface area (Å²) in [5, 5.41) is 21.1. The summed E-state index contributed by atoms with van der Waals surface area (Å²) in [5.74, 6) is 0.519. The third-order valence-electron chi connectivity index (χ3n) is 5.71. The van der Waals surface area contributed by atoms with Gasteiger partial charge in [-0.3, -0.25) is 0 Å². The fourth-order valence-corrected chi connectivity index (χ4v) is 4.05. The predicted molar refractivity (Wildman–Crippen MR) is 65.0 cm³/mol. The fraction of sp³-hybridized carbons (Fsp3) is 0.857. The molecule has 2 aliphatic rings. The van der Waals surface area contributed by atoms with Gasteiger partial charge in [0.05, 0.1) is 11.7 Å². The van der Waals surface area contributed by atoms with Gasteiger partial charge in [-0.15, -0.1) is 6.58 Å². The maximum atomic E-state index is 10.6. The standard InChI is InChI=1S/C14H24O2/c1-5-7-14(16)9-10-6-8-13(4,11(14)15)12(10,2)3/h5,10-11,15-16H,1,6-9H2,2-4H3/t10-,11-,13+,14+/m1/s1. The summed E-state index contributed by atoms with van der Waals surface area (Å²) in [7, 11) is 0. The number of aliphatic hydroxyl groups excluding tert-OH is 1. The zero-order chi connectivity index (χ0) is 12.2. The third-order valence-corrected chi connectivity index (χ3v) is 5.71. The molecule has 16 heavy (non-hydrogen) atoms. The van der Waals surface area contributed by atoms with Gasteiger partial charge in [-0.25, -0.2) is 0 Å². The molecule has 0 aromatic rings. The van der Waals surface area contributed by atoms with E-state index in [-0.39, 0.29) is 10.8 Å². The molecule has 2 bridgehead atoms. The van der Waals surface area contributed by atoms with E-state index < -0.39 is 11.7 Å². The van der Waals surface area contributed by atoms with Crippen molar-refractivity contribution in [3.8, 4) is 0 Å². The van der Waals surface area contributed by atoms with Gasteiger partial charge >= 0.3 is 0 Å². The second-order valence-electron chi connectivity index (χ2n) is 6.58. The van der Waals surface area contributed by atoms with Crippen LogP contribution in [0, 0.1) is 16.7 Å². The zero-order valence-electron chi connectivity index (χ0n) is 10.7. The molecule has 0 aliphatic heterocycles. The number of hydrogen-bond donors (Lipinski definition) is 2. The Morgan fingerprint density at radius 2 is 2.00 bits per heavy atom. The molecule has 0 aromatic carbocycles. The Morgan fingerprint density at radius 3 is 2.56 bits per heavy atom. The smallest absolute Gasteiger partial charge is 0.0947 e. The lowest BCUT2D eigenvalue weighted by molar-refractivity contribution is -0.198. The van der Waals surface area contributed by atoms with Crippen LogP contribution in [-0.4, -0.2) is 21.9 Å². The van der Waals surface area contributed by atoms with Gasteiger partial charge in [-0.2, -0.15) is 0 Å². The number of hydrogen-bond acceptors (Lipinski definition) is 2. The highest BCUT2D eigenvalue weighted by molar-refractivity contribution is 5.15. The number of aliphatic hydroxyl groups is 2. The monoisotopic (exact) mass is 224 g/mol. The molecule has 92 valence electrons. The summed E-state index contributed by atoms with van der Waals surface area (Å²) in [4.78, 5) is 0. The molecule has 2 heteroatoms. The first kappa shape index (κ1) is 12.1. The molecule has 0 amide bonds. The highest BCUT2D eigenvalue weighted by atomic mass is 16.3. The molecule has 0 unspecified atom stereocenters. The van der Waals surface area contributed by atoms with Crippen LogP contribution in [-0.2, 0) is 0 Å². The SMILES string of the molecule is C=CC[C@]1(O)C[C@H]2CC[C@@](C)([C@H]1O)C2(C)C. The Morgan fingerprint density at radius 1 is 1.38 bits per heavy atom. The Bertz CT molecular complexity index is 310. The van der Waals surface area contributed by atoms with E-state index >= 15 is 0 Å². The summed E-state index contributed by atoms with van der Waals surface area (Å²) in [6.07, 6.45) is 4.45. The van der Waals surface area contributed by atoms with E-state index in [1.165, 1.54) is 0 Å². The van der Waals surface area contributed by atoms with E-state index in [9.17, 15) is 10.2 Å². The van der Waals surface area contributed by atoms with E-state index in [1.807, 2.05) is 0 Å². The lowest BCUT2D eigenvalue weighted by Crippen LogP contribution is -2.60. The van der Waals surface area contributed by atoms with Gasteiger partial charge in [-0.1, -0.05) is 26.8 Å². The van der Waals surface area contributed by atoms with Crippen molar-refractivity contribution in [3.63, 3.8) is 0 Å². The van der Waals surface area contributed by atoms with Crippen LogP contribution in [0.25, 0.3) is 0 Å². The van der Waals surface area contributed by atoms with Crippen LogP contribution in [0.15, 0.2) is 12.7 Å². The van der Waals surface area contributed by atoms with Crippen LogP contribution >= 0.6 is 0 Å². The summed E-state index contributed by atoms with van der Waals surface area (Å²) >= 11 is 0. The number of rotatable bonds is 2. The Balaban J connectivity index is 2.39. The minimum atomic E-state index is -0.951. The Labute approximate surface area is 98.4 Å². The van der Waals surface area contributed by atoms with Crippen LogP contribution in [0.2, 0.25) is 0 Å². The Hall–Kier alpha value is -0.340. The lowest BCUT2D eigenvalue weighted by atomic mass is 9.53. The first-order valence-corrected chi connectivity index (χ1v) is 6.29. The second kappa shape index (κ2) is 3.33. The van der Waals surface area contributed by atoms with Crippen molar-refractivity contribution < 1.29 is 10.2 Å². The third kappa shape index (κ3) is 1.26. The van der Waals surface area contributed by atoms with Gasteiger partial charge in [0, 0.05) is 5.41 Å². The van der Waals surface area contributed by atoms with Crippen molar-refractivity contribution in [1.82, 2.24) is 0 Å². The van der Waals surface area contributed by atoms with E-state index in [2.05, 4.69) is 27.4 Å². The fourth-order valence-electron chi connectivity index (χ4n) is 4.05. The van der Waals surface area contributed by atoms with Gasteiger partial charge in [0.15, 0.2) is 0 Å². The molecule has 2 saturated carbocycles. The van der Waals surface area contributed by atoms with E-state index in [1.54, 1.807) is 6.08 Å². The molecule has 2 fully saturated rings. The quantitative estimate of drug-likeness (QED) is 0.708. The van der Waals surface area contributed by atoms with Crippen molar-refractivity contribution in [2.75, 3.05) is 0 Å². The van der Waals surface area contributed by atoms with Crippen molar-refractivity contribution in [2.24, 2.45) is 16.7 Å². The molecular formula is C14H24O2. The summed E-state index contributed by atoms with van der Waals surface area (Å²) in [6, 6.07) is 0. The molecule has 0 spiro atoms. The van der Waals surface area contributed by atoms with Crippen molar-refractivity contribution in [1.29, 1.82) is 0 Å². The van der Waals surface area contributed by atoms with E-state index in [0.717, 1.165) is 12.8 Å². The largest absolute Gasteiger partial charge is 0.390 e. The van der Waals surface area contributed by atoms with Crippen molar-refractivity contribution in [2.45, 2.75) is 58.2 Å². The maximum absolute atomic E-state index is 10.6. The molecule has 2 rings (SSSR count). The van der Waals surface area contributed by atoms with Gasteiger partial charge < -0.3 is 10.2 Å². The molecule has 0 heterocycles. The average molecular weight is 224 g/mol. The predicted octanol–water partition coefficient (Wildman–Crippen LogP) is 2.50. The lowest BCUT2D eigenvalue weighted by Gasteiger charge is -2.55. The summed E-state index contributed by atoms with van der Waals surface area (Å²) < 4.78 is 0. The molecule has 2 N–H and O–H groups in total. The molecule has 0 radical (unpaired) electrons. The molecule has 2 nitrogen and oxygen atoms in total. The highest BCUT2D eigenvalue weighted by Crippen LogP contribution is 2.65.